The number of fused-ring (bicyclic) bond motifs is 1. The molecule has 1 aliphatic heterocycles. The standard InChI is InChI=1S/C20H22N3/c1-14(2)12-23-8-7-17-9-16(5-6-18(17)13-23)19-10-21-20(22-11-19)15-3-4-15/h5-11,15H,3-4,12-13H2,1-2H3. The van der Waals surface area contributed by atoms with Gasteiger partial charge >= 0.3 is 0 Å². The lowest BCUT2D eigenvalue weighted by Gasteiger charge is -2.27. The summed E-state index contributed by atoms with van der Waals surface area (Å²) in [6.45, 7) is 6.36. The fourth-order valence-electron chi connectivity index (χ4n) is 3.09. The first-order valence-electron chi connectivity index (χ1n) is 8.35. The summed E-state index contributed by atoms with van der Waals surface area (Å²) in [6, 6.07) is 6.68. The van der Waals surface area contributed by atoms with Crippen LogP contribution >= 0.6 is 0 Å². The molecule has 0 bridgehead atoms. The van der Waals surface area contributed by atoms with E-state index in [1.165, 1.54) is 35.4 Å². The summed E-state index contributed by atoms with van der Waals surface area (Å²) in [5.74, 6) is 3.05. The van der Waals surface area contributed by atoms with Crippen molar-refractivity contribution in [1.29, 1.82) is 0 Å². The number of nitrogens with zero attached hydrogens (tertiary/aromatic N) is 3. The number of rotatable bonds is 4. The number of aromatic nitrogens is 2. The maximum Gasteiger partial charge on any atom is 0.131 e. The Balaban J connectivity index is 1.56. The van der Waals surface area contributed by atoms with Crippen molar-refractivity contribution in [2.45, 2.75) is 39.2 Å². The van der Waals surface area contributed by atoms with Crippen LogP contribution in [0.4, 0.5) is 0 Å². The first-order valence-corrected chi connectivity index (χ1v) is 8.35. The third-order valence-electron chi connectivity index (χ3n) is 4.45. The number of benzene rings is 1. The van der Waals surface area contributed by atoms with Crippen molar-refractivity contribution in [1.82, 2.24) is 14.9 Å². The minimum absolute atomic E-state index is 0.611. The number of hydrogen-bond acceptors (Lipinski definition) is 3. The highest BCUT2D eigenvalue weighted by Crippen LogP contribution is 2.38. The van der Waals surface area contributed by atoms with E-state index in [4.69, 9.17) is 0 Å². The number of hydrogen-bond donors (Lipinski definition) is 0. The van der Waals surface area contributed by atoms with Gasteiger partial charge in [0.2, 0.25) is 0 Å². The summed E-state index contributed by atoms with van der Waals surface area (Å²) in [7, 11) is 0. The first kappa shape index (κ1) is 14.4. The molecule has 0 atom stereocenters. The third kappa shape index (κ3) is 3.14. The molecule has 2 heterocycles. The Morgan fingerprint density at radius 1 is 1.13 bits per heavy atom. The zero-order valence-electron chi connectivity index (χ0n) is 13.8. The summed E-state index contributed by atoms with van der Waals surface area (Å²) < 4.78 is 0. The van der Waals surface area contributed by atoms with Gasteiger partial charge in [-0.2, -0.15) is 0 Å². The minimum Gasteiger partial charge on any atom is -0.372 e. The van der Waals surface area contributed by atoms with Crippen molar-refractivity contribution >= 4 is 6.08 Å². The van der Waals surface area contributed by atoms with Gasteiger partial charge < -0.3 is 4.90 Å². The molecule has 0 amide bonds. The van der Waals surface area contributed by atoms with E-state index in [2.05, 4.69) is 59.2 Å². The molecular weight excluding hydrogens is 282 g/mol. The maximum absolute atomic E-state index is 4.53. The molecule has 1 radical (unpaired) electrons. The zero-order valence-corrected chi connectivity index (χ0v) is 13.8. The molecule has 3 heteroatoms. The van der Waals surface area contributed by atoms with Gasteiger partial charge in [0.05, 0.1) is 0 Å². The smallest absolute Gasteiger partial charge is 0.131 e. The fourth-order valence-corrected chi connectivity index (χ4v) is 3.09. The SMILES string of the molecule is C[C](C)CN1C=Cc2cc(-c3cnc(C4CC4)nc3)ccc2C1. The van der Waals surface area contributed by atoms with Gasteiger partial charge in [0, 0.05) is 37.0 Å². The van der Waals surface area contributed by atoms with E-state index in [1.807, 2.05) is 12.4 Å². The predicted octanol–water partition coefficient (Wildman–Crippen LogP) is 4.42. The van der Waals surface area contributed by atoms with Gasteiger partial charge in [-0.15, -0.1) is 0 Å². The Morgan fingerprint density at radius 3 is 2.61 bits per heavy atom. The lowest BCUT2D eigenvalue weighted by Crippen LogP contribution is -2.23. The van der Waals surface area contributed by atoms with E-state index in [9.17, 15) is 0 Å². The molecule has 0 saturated heterocycles. The van der Waals surface area contributed by atoms with Crippen LogP contribution in [0, 0.1) is 5.92 Å². The predicted molar refractivity (Wildman–Crippen MR) is 93.5 cm³/mol. The van der Waals surface area contributed by atoms with Crippen molar-refractivity contribution in [3.8, 4) is 11.1 Å². The Kier molecular flexibility index (Phi) is 3.64. The van der Waals surface area contributed by atoms with Gasteiger partial charge in [-0.3, -0.25) is 0 Å². The highest BCUT2D eigenvalue weighted by molar-refractivity contribution is 5.68. The van der Waals surface area contributed by atoms with E-state index in [-0.39, 0.29) is 0 Å². The maximum atomic E-state index is 4.53. The van der Waals surface area contributed by atoms with Gasteiger partial charge in [-0.1, -0.05) is 26.0 Å². The molecule has 2 aliphatic rings. The van der Waals surface area contributed by atoms with E-state index >= 15 is 0 Å². The Labute approximate surface area is 138 Å². The molecule has 0 unspecified atom stereocenters. The third-order valence-corrected chi connectivity index (χ3v) is 4.45. The minimum atomic E-state index is 0.611. The quantitative estimate of drug-likeness (QED) is 0.837. The highest BCUT2D eigenvalue weighted by Gasteiger charge is 2.26. The highest BCUT2D eigenvalue weighted by atomic mass is 15.1. The summed E-state index contributed by atoms with van der Waals surface area (Å²) in [5.41, 5.74) is 4.99. The lowest BCUT2D eigenvalue weighted by molar-refractivity contribution is 0.380. The fraction of sp³-hybridized carbons (Fsp3) is 0.350. The molecule has 117 valence electrons. The topological polar surface area (TPSA) is 29.0 Å². The van der Waals surface area contributed by atoms with Crippen molar-refractivity contribution in [2.24, 2.45) is 0 Å². The molecule has 2 aromatic rings. The van der Waals surface area contributed by atoms with Crippen LogP contribution in [-0.4, -0.2) is 21.4 Å². The van der Waals surface area contributed by atoms with Crippen LogP contribution < -0.4 is 0 Å². The van der Waals surface area contributed by atoms with Crippen molar-refractivity contribution in [2.75, 3.05) is 6.54 Å². The molecule has 1 aromatic heterocycles. The van der Waals surface area contributed by atoms with Gasteiger partial charge in [0.1, 0.15) is 5.82 Å². The summed E-state index contributed by atoms with van der Waals surface area (Å²) in [6.07, 6.45) is 10.8. The molecule has 3 nitrogen and oxygen atoms in total. The normalized spacial score (nSPS) is 16.7. The molecule has 1 aliphatic carbocycles. The zero-order chi connectivity index (χ0) is 15.8. The Bertz CT molecular complexity index is 727. The summed E-state index contributed by atoms with van der Waals surface area (Å²) in [4.78, 5) is 11.4. The van der Waals surface area contributed by atoms with Gasteiger partial charge in [0.25, 0.3) is 0 Å². The average molecular weight is 304 g/mol. The van der Waals surface area contributed by atoms with Gasteiger partial charge in [-0.25, -0.2) is 9.97 Å². The molecule has 1 saturated carbocycles. The van der Waals surface area contributed by atoms with Crippen LogP contribution in [0.2, 0.25) is 0 Å². The molecule has 1 aromatic carbocycles. The molecule has 1 fully saturated rings. The molecule has 0 spiro atoms. The van der Waals surface area contributed by atoms with Crippen LogP contribution in [0.15, 0.2) is 36.8 Å². The van der Waals surface area contributed by atoms with Crippen LogP contribution in [-0.2, 0) is 6.54 Å². The van der Waals surface area contributed by atoms with E-state index in [0.717, 1.165) is 24.5 Å². The van der Waals surface area contributed by atoms with Crippen molar-refractivity contribution in [3.63, 3.8) is 0 Å². The van der Waals surface area contributed by atoms with Crippen LogP contribution in [0.25, 0.3) is 17.2 Å². The second-order valence-corrected chi connectivity index (χ2v) is 6.95. The molecule has 23 heavy (non-hydrogen) atoms. The second-order valence-electron chi connectivity index (χ2n) is 6.95. The summed E-state index contributed by atoms with van der Waals surface area (Å²) in [5, 5.41) is 0. The largest absolute Gasteiger partial charge is 0.372 e. The first-order chi connectivity index (χ1) is 11.2. The van der Waals surface area contributed by atoms with Gasteiger partial charge in [-0.05, 0) is 53.8 Å². The second kappa shape index (κ2) is 5.80. The Hall–Kier alpha value is -2.16. The van der Waals surface area contributed by atoms with Crippen molar-refractivity contribution < 1.29 is 0 Å². The molecule has 4 rings (SSSR count). The van der Waals surface area contributed by atoms with Crippen LogP contribution in [0.3, 0.4) is 0 Å². The molecule has 0 N–H and O–H groups in total. The monoisotopic (exact) mass is 304 g/mol. The van der Waals surface area contributed by atoms with E-state index in [0.29, 0.717) is 5.92 Å². The molecular formula is C20H22N3. The average Bonchev–Trinajstić information content (AvgIpc) is 3.39. The van der Waals surface area contributed by atoms with Crippen LogP contribution in [0.5, 0.6) is 0 Å². The van der Waals surface area contributed by atoms with Crippen molar-refractivity contribution in [3.05, 3.63) is 59.7 Å². The summed E-state index contributed by atoms with van der Waals surface area (Å²) >= 11 is 0. The lowest BCUT2D eigenvalue weighted by atomic mass is 9.98. The van der Waals surface area contributed by atoms with E-state index < -0.39 is 0 Å². The van der Waals surface area contributed by atoms with E-state index in [1.54, 1.807) is 0 Å². The Morgan fingerprint density at radius 2 is 1.91 bits per heavy atom. The van der Waals surface area contributed by atoms with Gasteiger partial charge in [0.15, 0.2) is 0 Å². The van der Waals surface area contributed by atoms with Crippen LogP contribution in [0.1, 0.15) is 49.6 Å².